The largest absolute Gasteiger partial charge is 0.376 e. The first-order valence-electron chi connectivity index (χ1n) is 6.59. The van der Waals surface area contributed by atoms with Crippen LogP contribution in [0.25, 0.3) is 10.7 Å². The summed E-state index contributed by atoms with van der Waals surface area (Å²) >= 11 is 1.53. The first-order valence-corrected chi connectivity index (χ1v) is 7.47. The third-order valence-corrected chi connectivity index (χ3v) is 3.76. The third-order valence-electron chi connectivity index (χ3n) is 2.89. The van der Waals surface area contributed by atoms with E-state index in [1.165, 1.54) is 16.1 Å². The van der Waals surface area contributed by atoms with Crippen LogP contribution in [-0.4, -0.2) is 58.6 Å². The molecule has 0 bridgehead atoms. The lowest BCUT2D eigenvalue weighted by atomic mass is 10.3. The highest BCUT2D eigenvalue weighted by molar-refractivity contribution is 7.13. The van der Waals surface area contributed by atoms with Crippen molar-refractivity contribution in [2.45, 2.75) is 12.6 Å². The van der Waals surface area contributed by atoms with Crippen molar-refractivity contribution < 1.29 is 14.3 Å². The number of rotatable bonds is 5. The van der Waals surface area contributed by atoms with Crippen LogP contribution in [0.1, 0.15) is 0 Å². The van der Waals surface area contributed by atoms with Crippen molar-refractivity contribution in [1.29, 1.82) is 0 Å². The van der Waals surface area contributed by atoms with E-state index in [0.717, 1.165) is 4.88 Å². The molecule has 3 rings (SSSR count). The van der Waals surface area contributed by atoms with E-state index in [1.54, 1.807) is 0 Å². The van der Waals surface area contributed by atoms with Gasteiger partial charge in [-0.05, 0) is 16.7 Å². The molecule has 1 fully saturated rings. The summed E-state index contributed by atoms with van der Waals surface area (Å²) in [5.74, 6) is 0.348. The van der Waals surface area contributed by atoms with Gasteiger partial charge in [-0.2, -0.15) is 4.80 Å². The van der Waals surface area contributed by atoms with E-state index in [9.17, 15) is 4.79 Å². The zero-order valence-electron chi connectivity index (χ0n) is 11.3. The van der Waals surface area contributed by atoms with Crippen molar-refractivity contribution >= 4 is 17.2 Å². The van der Waals surface area contributed by atoms with Crippen LogP contribution < -0.4 is 5.32 Å². The minimum Gasteiger partial charge on any atom is -0.376 e. The lowest BCUT2D eigenvalue weighted by molar-refractivity contribution is -0.124. The average Bonchev–Trinajstić information content (AvgIpc) is 3.17. The Balaban J connectivity index is 1.48. The lowest BCUT2D eigenvalue weighted by Crippen LogP contribution is -2.40. The van der Waals surface area contributed by atoms with Crippen molar-refractivity contribution in [3.63, 3.8) is 0 Å². The van der Waals surface area contributed by atoms with E-state index in [0.29, 0.717) is 32.2 Å². The Morgan fingerprint density at radius 2 is 2.48 bits per heavy atom. The number of aromatic nitrogens is 4. The quantitative estimate of drug-likeness (QED) is 0.831. The molecule has 3 heterocycles. The molecule has 1 atom stereocenters. The summed E-state index contributed by atoms with van der Waals surface area (Å²) in [5, 5.41) is 16.7. The Morgan fingerprint density at radius 3 is 3.24 bits per heavy atom. The van der Waals surface area contributed by atoms with E-state index < -0.39 is 0 Å². The lowest BCUT2D eigenvalue weighted by Gasteiger charge is -2.22. The van der Waals surface area contributed by atoms with Gasteiger partial charge in [0.15, 0.2) is 0 Å². The Morgan fingerprint density at radius 1 is 1.52 bits per heavy atom. The number of hydrogen-bond acceptors (Lipinski definition) is 7. The average molecular weight is 309 g/mol. The second kappa shape index (κ2) is 6.74. The van der Waals surface area contributed by atoms with Gasteiger partial charge in [0.2, 0.25) is 11.7 Å². The summed E-state index contributed by atoms with van der Waals surface area (Å²) in [6.07, 6.45) is -0.0897. The van der Waals surface area contributed by atoms with Gasteiger partial charge in [0.05, 0.1) is 30.8 Å². The summed E-state index contributed by atoms with van der Waals surface area (Å²) in [6.45, 7) is 2.13. The summed E-state index contributed by atoms with van der Waals surface area (Å²) in [4.78, 5) is 14.0. The maximum absolute atomic E-state index is 11.8. The molecule has 9 heteroatoms. The molecular formula is C12H15N5O3S. The van der Waals surface area contributed by atoms with Crippen LogP contribution in [-0.2, 0) is 20.8 Å². The van der Waals surface area contributed by atoms with Crippen LogP contribution in [0.15, 0.2) is 17.5 Å². The van der Waals surface area contributed by atoms with Gasteiger partial charge in [-0.1, -0.05) is 6.07 Å². The molecule has 1 aliphatic rings. The number of hydrogen-bond donors (Lipinski definition) is 1. The topological polar surface area (TPSA) is 91.2 Å². The zero-order chi connectivity index (χ0) is 14.5. The van der Waals surface area contributed by atoms with Crippen LogP contribution in [0.4, 0.5) is 0 Å². The van der Waals surface area contributed by atoms with E-state index in [4.69, 9.17) is 9.47 Å². The third kappa shape index (κ3) is 3.84. The fourth-order valence-electron chi connectivity index (χ4n) is 1.88. The van der Waals surface area contributed by atoms with Gasteiger partial charge < -0.3 is 14.8 Å². The van der Waals surface area contributed by atoms with Gasteiger partial charge in [-0.25, -0.2) is 0 Å². The van der Waals surface area contributed by atoms with Gasteiger partial charge in [0, 0.05) is 6.54 Å². The van der Waals surface area contributed by atoms with Crippen molar-refractivity contribution in [3.8, 4) is 10.7 Å². The maximum Gasteiger partial charge on any atom is 0.243 e. The highest BCUT2D eigenvalue weighted by atomic mass is 32.1. The van der Waals surface area contributed by atoms with Crippen molar-refractivity contribution in [2.75, 3.05) is 26.4 Å². The minimum atomic E-state index is -0.181. The van der Waals surface area contributed by atoms with Crippen LogP contribution >= 0.6 is 11.3 Å². The highest BCUT2D eigenvalue weighted by Crippen LogP contribution is 2.19. The molecule has 1 unspecified atom stereocenters. The molecule has 2 aromatic heterocycles. The Kier molecular flexibility index (Phi) is 4.53. The number of carbonyl (C=O) groups is 1. The normalized spacial score (nSPS) is 18.6. The van der Waals surface area contributed by atoms with E-state index in [1.807, 2.05) is 17.5 Å². The van der Waals surface area contributed by atoms with Crippen LogP contribution in [0, 0.1) is 0 Å². The van der Waals surface area contributed by atoms with Gasteiger partial charge in [-0.15, -0.1) is 21.5 Å². The number of carbonyl (C=O) groups excluding carboxylic acids is 1. The van der Waals surface area contributed by atoms with Crippen molar-refractivity contribution in [1.82, 2.24) is 25.5 Å². The highest BCUT2D eigenvalue weighted by Gasteiger charge is 2.16. The second-order valence-electron chi connectivity index (χ2n) is 4.49. The smallest absolute Gasteiger partial charge is 0.243 e. The van der Waals surface area contributed by atoms with E-state index in [-0.39, 0.29) is 18.6 Å². The molecule has 0 aliphatic carbocycles. The molecule has 2 aromatic rings. The predicted octanol–water partition coefficient (Wildman–Crippen LogP) is -0.0668. The Hall–Kier alpha value is -1.84. The van der Waals surface area contributed by atoms with Gasteiger partial charge >= 0.3 is 0 Å². The molecule has 0 spiro atoms. The number of thiophene rings is 1. The molecule has 0 radical (unpaired) electrons. The fraction of sp³-hybridized carbons (Fsp3) is 0.500. The molecule has 112 valence electrons. The van der Waals surface area contributed by atoms with E-state index >= 15 is 0 Å². The number of nitrogens with one attached hydrogen (secondary N) is 1. The molecule has 1 saturated heterocycles. The number of amides is 1. The summed E-state index contributed by atoms with van der Waals surface area (Å²) in [5.41, 5.74) is 0. The standard InChI is InChI=1S/C12H15N5O3S/c18-11(13-6-9-8-19-3-4-20-9)7-17-15-12(14-16-17)10-2-1-5-21-10/h1-2,5,9H,3-4,6-8H2,(H,13,18). The van der Waals surface area contributed by atoms with Crippen LogP contribution in [0.5, 0.6) is 0 Å². The first-order chi connectivity index (χ1) is 10.3. The second-order valence-corrected chi connectivity index (χ2v) is 5.44. The molecule has 0 saturated carbocycles. The molecule has 1 aliphatic heterocycles. The molecular weight excluding hydrogens is 294 g/mol. The van der Waals surface area contributed by atoms with Crippen molar-refractivity contribution in [2.24, 2.45) is 0 Å². The summed E-state index contributed by atoms with van der Waals surface area (Å²) < 4.78 is 10.7. The molecule has 1 N–H and O–H groups in total. The van der Waals surface area contributed by atoms with Crippen molar-refractivity contribution in [3.05, 3.63) is 17.5 Å². The zero-order valence-corrected chi connectivity index (χ0v) is 12.1. The maximum atomic E-state index is 11.8. The summed E-state index contributed by atoms with van der Waals surface area (Å²) in [6, 6.07) is 3.83. The number of ether oxygens (including phenoxy) is 2. The fourth-order valence-corrected chi connectivity index (χ4v) is 2.53. The Labute approximate surface area is 125 Å². The molecule has 8 nitrogen and oxygen atoms in total. The first kappa shape index (κ1) is 14.1. The monoisotopic (exact) mass is 309 g/mol. The molecule has 21 heavy (non-hydrogen) atoms. The SMILES string of the molecule is O=C(Cn1nnc(-c2cccs2)n1)NCC1COCCO1. The molecule has 0 aromatic carbocycles. The summed E-state index contributed by atoms with van der Waals surface area (Å²) in [7, 11) is 0. The minimum absolute atomic E-state index is 0.0337. The van der Waals surface area contributed by atoms with Gasteiger partial charge in [-0.3, -0.25) is 4.79 Å². The number of tetrazole rings is 1. The Bertz CT molecular complexity index is 579. The molecule has 1 amide bonds. The van der Waals surface area contributed by atoms with Crippen LogP contribution in [0.3, 0.4) is 0 Å². The van der Waals surface area contributed by atoms with Crippen LogP contribution in [0.2, 0.25) is 0 Å². The number of nitrogens with zero attached hydrogens (tertiary/aromatic N) is 4. The van der Waals surface area contributed by atoms with Gasteiger partial charge in [0.25, 0.3) is 0 Å². The predicted molar refractivity (Wildman–Crippen MR) is 74.7 cm³/mol. The van der Waals surface area contributed by atoms with Gasteiger partial charge in [0.1, 0.15) is 6.54 Å². The van der Waals surface area contributed by atoms with E-state index in [2.05, 4.69) is 20.7 Å².